The van der Waals surface area contributed by atoms with E-state index in [4.69, 9.17) is 0 Å². The Labute approximate surface area is 126 Å². The zero-order valence-electron chi connectivity index (χ0n) is 12.4. The number of aromatic nitrogens is 1. The molecule has 2 fully saturated rings. The van der Waals surface area contributed by atoms with Gasteiger partial charge < -0.3 is 10.0 Å². The molecule has 3 unspecified atom stereocenters. The predicted molar refractivity (Wildman–Crippen MR) is 80.9 cm³/mol. The number of pyridine rings is 1. The lowest BCUT2D eigenvalue weighted by atomic mass is 9.78. The van der Waals surface area contributed by atoms with E-state index in [9.17, 15) is 9.90 Å². The summed E-state index contributed by atoms with van der Waals surface area (Å²) in [5, 5.41) is 10.3. The molecular weight excluding hydrogens is 264 g/mol. The first-order valence-electron chi connectivity index (χ1n) is 8.16. The van der Waals surface area contributed by atoms with Gasteiger partial charge in [-0.2, -0.15) is 0 Å². The van der Waals surface area contributed by atoms with Crippen LogP contribution in [0.2, 0.25) is 0 Å². The van der Waals surface area contributed by atoms with Gasteiger partial charge in [0.05, 0.1) is 6.10 Å². The smallest absolute Gasteiger partial charge is 0.254 e. The SMILES string of the molecule is O=C(c1ccncc1)N1CCCCC1C1CCCCC1O. The van der Waals surface area contributed by atoms with Gasteiger partial charge in [0.25, 0.3) is 5.91 Å². The number of nitrogens with zero attached hydrogens (tertiary/aromatic N) is 2. The van der Waals surface area contributed by atoms with Crippen molar-refractivity contribution >= 4 is 5.91 Å². The number of likely N-dealkylation sites (tertiary alicyclic amines) is 1. The summed E-state index contributed by atoms with van der Waals surface area (Å²) in [6.45, 7) is 0.815. The zero-order valence-corrected chi connectivity index (χ0v) is 12.4. The van der Waals surface area contributed by atoms with E-state index < -0.39 is 0 Å². The highest BCUT2D eigenvalue weighted by Gasteiger charge is 2.37. The van der Waals surface area contributed by atoms with Crippen LogP contribution in [0.4, 0.5) is 0 Å². The third kappa shape index (κ3) is 3.10. The molecule has 2 heterocycles. The average Bonchev–Trinajstić information content (AvgIpc) is 2.55. The summed E-state index contributed by atoms with van der Waals surface area (Å²) in [5.74, 6) is 0.352. The van der Waals surface area contributed by atoms with Crippen molar-refractivity contribution in [2.45, 2.75) is 57.1 Å². The van der Waals surface area contributed by atoms with Gasteiger partial charge in [0.15, 0.2) is 0 Å². The Bertz CT molecular complexity index is 477. The topological polar surface area (TPSA) is 53.4 Å². The van der Waals surface area contributed by atoms with E-state index in [0.29, 0.717) is 5.56 Å². The molecule has 0 radical (unpaired) electrons. The number of carbonyl (C=O) groups excluding carboxylic acids is 1. The van der Waals surface area contributed by atoms with E-state index in [1.807, 2.05) is 4.90 Å². The van der Waals surface area contributed by atoms with Crippen molar-refractivity contribution in [2.24, 2.45) is 5.92 Å². The molecule has 4 nitrogen and oxygen atoms in total. The van der Waals surface area contributed by atoms with Crippen molar-refractivity contribution in [3.05, 3.63) is 30.1 Å². The molecule has 0 aromatic carbocycles. The van der Waals surface area contributed by atoms with Gasteiger partial charge in [-0.15, -0.1) is 0 Å². The molecule has 1 saturated heterocycles. The number of aliphatic hydroxyl groups is 1. The summed E-state index contributed by atoms with van der Waals surface area (Å²) in [5.41, 5.74) is 0.710. The quantitative estimate of drug-likeness (QED) is 0.910. The van der Waals surface area contributed by atoms with E-state index >= 15 is 0 Å². The lowest BCUT2D eigenvalue weighted by Gasteiger charge is -2.43. The van der Waals surface area contributed by atoms with Gasteiger partial charge in [0.2, 0.25) is 0 Å². The zero-order chi connectivity index (χ0) is 14.7. The van der Waals surface area contributed by atoms with Crippen LogP contribution in [0.1, 0.15) is 55.3 Å². The first-order chi connectivity index (χ1) is 10.3. The van der Waals surface area contributed by atoms with Crippen LogP contribution in [0.15, 0.2) is 24.5 Å². The predicted octanol–water partition coefficient (Wildman–Crippen LogP) is 2.63. The second-order valence-corrected chi connectivity index (χ2v) is 6.31. The maximum Gasteiger partial charge on any atom is 0.254 e. The van der Waals surface area contributed by atoms with Crippen LogP contribution < -0.4 is 0 Å². The fraction of sp³-hybridized carbons (Fsp3) is 0.647. The number of rotatable bonds is 2. The molecule has 3 rings (SSSR count). The lowest BCUT2D eigenvalue weighted by molar-refractivity contribution is -0.00128. The Morgan fingerprint density at radius 2 is 1.81 bits per heavy atom. The summed E-state index contributed by atoms with van der Waals surface area (Å²) in [6, 6.07) is 3.77. The second-order valence-electron chi connectivity index (χ2n) is 6.31. The average molecular weight is 288 g/mol. The van der Waals surface area contributed by atoms with Crippen LogP contribution in [0.3, 0.4) is 0 Å². The Balaban J connectivity index is 1.79. The molecule has 1 amide bonds. The van der Waals surface area contributed by atoms with Crippen molar-refractivity contribution in [2.75, 3.05) is 6.54 Å². The van der Waals surface area contributed by atoms with Crippen LogP contribution in [-0.2, 0) is 0 Å². The molecule has 114 valence electrons. The molecule has 1 N–H and O–H groups in total. The Morgan fingerprint density at radius 3 is 2.57 bits per heavy atom. The molecule has 1 aliphatic carbocycles. The minimum atomic E-state index is -0.241. The number of carbonyl (C=O) groups is 1. The molecule has 2 aliphatic rings. The van der Waals surface area contributed by atoms with Crippen LogP contribution in [0.25, 0.3) is 0 Å². The standard InChI is InChI=1S/C17H24N2O2/c20-16-7-2-1-5-14(16)15-6-3-4-12-19(15)17(21)13-8-10-18-11-9-13/h8-11,14-16,20H,1-7,12H2. The van der Waals surface area contributed by atoms with Gasteiger partial charge in [-0.25, -0.2) is 0 Å². The van der Waals surface area contributed by atoms with Crippen molar-refractivity contribution in [1.29, 1.82) is 0 Å². The van der Waals surface area contributed by atoms with E-state index in [0.717, 1.165) is 45.1 Å². The van der Waals surface area contributed by atoms with Crippen molar-refractivity contribution in [3.8, 4) is 0 Å². The first kappa shape index (κ1) is 14.5. The molecule has 1 aromatic rings. The van der Waals surface area contributed by atoms with Crippen molar-refractivity contribution in [3.63, 3.8) is 0 Å². The number of aliphatic hydroxyl groups excluding tert-OH is 1. The van der Waals surface area contributed by atoms with Crippen molar-refractivity contribution in [1.82, 2.24) is 9.88 Å². The van der Waals surface area contributed by atoms with E-state index in [1.54, 1.807) is 24.5 Å². The van der Waals surface area contributed by atoms with Gasteiger partial charge in [-0.3, -0.25) is 9.78 Å². The second kappa shape index (κ2) is 6.56. The molecule has 0 spiro atoms. The molecule has 21 heavy (non-hydrogen) atoms. The molecule has 4 heteroatoms. The van der Waals surface area contributed by atoms with Gasteiger partial charge in [-0.05, 0) is 44.2 Å². The summed E-state index contributed by atoms with van der Waals surface area (Å²) >= 11 is 0. The monoisotopic (exact) mass is 288 g/mol. The van der Waals surface area contributed by atoms with Gasteiger partial charge in [0.1, 0.15) is 0 Å². The fourth-order valence-corrected chi connectivity index (χ4v) is 3.90. The Morgan fingerprint density at radius 1 is 1.10 bits per heavy atom. The number of amides is 1. The lowest BCUT2D eigenvalue weighted by Crippen LogP contribution is -2.51. The largest absolute Gasteiger partial charge is 0.393 e. The molecular formula is C17H24N2O2. The molecule has 1 aromatic heterocycles. The number of piperidine rings is 1. The molecule has 0 bridgehead atoms. The number of hydrogen-bond acceptors (Lipinski definition) is 3. The third-order valence-electron chi connectivity index (χ3n) is 5.01. The minimum Gasteiger partial charge on any atom is -0.393 e. The fourth-order valence-electron chi connectivity index (χ4n) is 3.90. The Kier molecular flexibility index (Phi) is 4.54. The number of hydrogen-bond donors (Lipinski definition) is 1. The van der Waals surface area contributed by atoms with E-state index in [2.05, 4.69) is 4.98 Å². The normalized spacial score (nSPS) is 30.1. The highest BCUT2D eigenvalue weighted by Crippen LogP contribution is 2.34. The van der Waals surface area contributed by atoms with Crippen LogP contribution in [0, 0.1) is 5.92 Å². The maximum absolute atomic E-state index is 12.8. The van der Waals surface area contributed by atoms with E-state index in [1.165, 1.54) is 6.42 Å². The summed E-state index contributed by atoms with van der Waals surface area (Å²) in [6.07, 6.45) is 10.6. The summed E-state index contributed by atoms with van der Waals surface area (Å²) < 4.78 is 0. The maximum atomic E-state index is 12.8. The van der Waals surface area contributed by atoms with Crippen molar-refractivity contribution < 1.29 is 9.90 Å². The van der Waals surface area contributed by atoms with Crippen LogP contribution in [0.5, 0.6) is 0 Å². The molecule has 1 aliphatic heterocycles. The van der Waals surface area contributed by atoms with Gasteiger partial charge in [-0.1, -0.05) is 12.8 Å². The van der Waals surface area contributed by atoms with Crippen LogP contribution in [-0.4, -0.2) is 39.6 Å². The Hall–Kier alpha value is -1.42. The summed E-state index contributed by atoms with van der Waals surface area (Å²) in [7, 11) is 0. The highest BCUT2D eigenvalue weighted by atomic mass is 16.3. The van der Waals surface area contributed by atoms with E-state index in [-0.39, 0.29) is 24.0 Å². The first-order valence-corrected chi connectivity index (χ1v) is 8.16. The molecule has 3 atom stereocenters. The molecule has 1 saturated carbocycles. The minimum absolute atomic E-state index is 0.0971. The summed E-state index contributed by atoms with van der Waals surface area (Å²) in [4.78, 5) is 18.8. The highest BCUT2D eigenvalue weighted by molar-refractivity contribution is 5.94. The van der Waals surface area contributed by atoms with Gasteiger partial charge >= 0.3 is 0 Å². The van der Waals surface area contributed by atoms with Crippen LogP contribution >= 0.6 is 0 Å². The third-order valence-corrected chi connectivity index (χ3v) is 5.01. The van der Waals surface area contributed by atoms with Gasteiger partial charge in [0, 0.05) is 36.5 Å².